The minimum atomic E-state index is -1.12. The van der Waals surface area contributed by atoms with E-state index in [0.717, 1.165) is 32.1 Å². The molecule has 1 aliphatic carbocycles. The van der Waals surface area contributed by atoms with Crippen molar-refractivity contribution in [1.82, 2.24) is 9.80 Å². The zero-order chi connectivity index (χ0) is 27.7. The summed E-state index contributed by atoms with van der Waals surface area (Å²) in [5.74, 6) is -2.56. The van der Waals surface area contributed by atoms with Crippen LogP contribution in [0, 0.1) is 17.8 Å². The number of likely N-dealkylation sites (tertiary alicyclic amines) is 1. The van der Waals surface area contributed by atoms with Crippen LogP contribution in [-0.2, 0) is 23.9 Å². The summed E-state index contributed by atoms with van der Waals surface area (Å²) in [6.45, 7) is 13.8. The number of aliphatic hydroxyl groups excluding tert-OH is 1. The summed E-state index contributed by atoms with van der Waals surface area (Å²) in [5, 5.41) is 10.4. The van der Waals surface area contributed by atoms with E-state index in [4.69, 9.17) is 9.47 Å². The van der Waals surface area contributed by atoms with Gasteiger partial charge in [0.25, 0.3) is 0 Å². The molecule has 3 heterocycles. The Morgan fingerprint density at radius 1 is 1.21 bits per heavy atom. The van der Waals surface area contributed by atoms with Gasteiger partial charge in [0.1, 0.15) is 17.6 Å². The van der Waals surface area contributed by atoms with Crippen molar-refractivity contribution in [3.8, 4) is 0 Å². The van der Waals surface area contributed by atoms with Crippen LogP contribution in [0.3, 0.4) is 0 Å². The van der Waals surface area contributed by atoms with Crippen molar-refractivity contribution >= 4 is 17.8 Å². The van der Waals surface area contributed by atoms with Crippen LogP contribution in [0.1, 0.15) is 78.6 Å². The number of amides is 2. The average molecular weight is 531 g/mol. The molecule has 0 aromatic heterocycles. The third kappa shape index (κ3) is 4.51. The second-order valence-electron chi connectivity index (χ2n) is 11.9. The van der Waals surface area contributed by atoms with Gasteiger partial charge < -0.3 is 24.4 Å². The first-order valence-electron chi connectivity index (χ1n) is 14.5. The van der Waals surface area contributed by atoms with Gasteiger partial charge in [-0.1, -0.05) is 52.2 Å². The summed E-state index contributed by atoms with van der Waals surface area (Å²) in [6, 6.07) is -1.39. The topological polar surface area (TPSA) is 96.4 Å². The predicted octanol–water partition coefficient (Wildman–Crippen LogP) is 3.62. The number of ether oxygens (including phenoxy) is 2. The van der Waals surface area contributed by atoms with Crippen LogP contribution in [0.15, 0.2) is 25.3 Å². The van der Waals surface area contributed by atoms with Gasteiger partial charge in [-0.25, -0.2) is 0 Å². The fraction of sp³-hybridized carbons (Fsp3) is 0.767. The van der Waals surface area contributed by atoms with Crippen molar-refractivity contribution < 1.29 is 29.0 Å². The second kappa shape index (κ2) is 11.5. The molecule has 3 saturated heterocycles. The van der Waals surface area contributed by atoms with Crippen LogP contribution in [0.5, 0.6) is 0 Å². The zero-order valence-electron chi connectivity index (χ0n) is 23.4. The Hall–Kier alpha value is -2.19. The SMILES string of the molecule is C=CCCOC(=O)[C@@H]1[C@H]2C(=O)N([C@@H](CO)C(C)C)C(C(=O)N(CC=C)C3CCCCC3)C23CC[C@@]1(CC)O3. The Balaban J connectivity index is 1.80. The highest BCUT2D eigenvalue weighted by atomic mass is 16.6. The van der Waals surface area contributed by atoms with Crippen molar-refractivity contribution in [3.05, 3.63) is 25.3 Å². The van der Waals surface area contributed by atoms with E-state index in [9.17, 15) is 19.5 Å². The molecule has 2 amide bonds. The van der Waals surface area contributed by atoms with Gasteiger partial charge in [-0.2, -0.15) is 0 Å². The fourth-order valence-electron chi connectivity index (χ4n) is 7.71. The Bertz CT molecular complexity index is 930. The second-order valence-corrected chi connectivity index (χ2v) is 11.9. The largest absolute Gasteiger partial charge is 0.465 e. The predicted molar refractivity (Wildman–Crippen MR) is 144 cm³/mol. The lowest BCUT2D eigenvalue weighted by Gasteiger charge is -2.43. The molecule has 8 heteroatoms. The Morgan fingerprint density at radius 3 is 2.50 bits per heavy atom. The van der Waals surface area contributed by atoms with E-state index in [1.165, 1.54) is 0 Å². The van der Waals surface area contributed by atoms with Gasteiger partial charge in [-0.05, 0) is 44.4 Å². The molecule has 1 N–H and O–H groups in total. The lowest BCUT2D eigenvalue weighted by Crippen LogP contribution is -2.61. The summed E-state index contributed by atoms with van der Waals surface area (Å²) in [7, 11) is 0. The van der Waals surface area contributed by atoms with E-state index in [0.29, 0.717) is 32.2 Å². The van der Waals surface area contributed by atoms with Crippen molar-refractivity contribution in [2.75, 3.05) is 19.8 Å². The van der Waals surface area contributed by atoms with E-state index in [2.05, 4.69) is 13.2 Å². The molecular weight excluding hydrogens is 484 g/mol. The van der Waals surface area contributed by atoms with Crippen molar-refractivity contribution in [2.24, 2.45) is 17.8 Å². The summed E-state index contributed by atoms with van der Waals surface area (Å²) >= 11 is 0. The molecule has 4 fully saturated rings. The van der Waals surface area contributed by atoms with Crippen LogP contribution in [0.2, 0.25) is 0 Å². The van der Waals surface area contributed by atoms with Crippen molar-refractivity contribution in [2.45, 2.75) is 108 Å². The molecule has 2 unspecified atom stereocenters. The maximum Gasteiger partial charge on any atom is 0.312 e. The van der Waals surface area contributed by atoms with Gasteiger partial charge in [0.15, 0.2) is 0 Å². The zero-order valence-corrected chi connectivity index (χ0v) is 23.4. The number of hydrogen-bond donors (Lipinski definition) is 1. The summed E-state index contributed by atoms with van der Waals surface area (Å²) in [4.78, 5) is 46.0. The number of hydrogen-bond acceptors (Lipinski definition) is 6. The minimum Gasteiger partial charge on any atom is -0.465 e. The molecule has 2 bridgehead atoms. The van der Waals surface area contributed by atoms with Crippen LogP contribution in [0.25, 0.3) is 0 Å². The summed E-state index contributed by atoms with van der Waals surface area (Å²) in [5.41, 5.74) is -1.96. The van der Waals surface area contributed by atoms with E-state index in [-0.39, 0.29) is 37.0 Å². The van der Waals surface area contributed by atoms with Crippen LogP contribution in [-0.4, -0.2) is 81.8 Å². The monoisotopic (exact) mass is 530 g/mol. The maximum atomic E-state index is 14.6. The van der Waals surface area contributed by atoms with E-state index < -0.39 is 41.1 Å². The Labute approximate surface area is 227 Å². The lowest BCUT2D eigenvalue weighted by molar-refractivity contribution is -0.164. The van der Waals surface area contributed by atoms with Gasteiger partial charge in [-0.15, -0.1) is 13.2 Å². The summed E-state index contributed by atoms with van der Waals surface area (Å²) < 4.78 is 12.5. The van der Waals surface area contributed by atoms with Crippen LogP contribution >= 0.6 is 0 Å². The summed E-state index contributed by atoms with van der Waals surface area (Å²) in [6.07, 6.45) is 10.7. The Kier molecular flexibility index (Phi) is 8.72. The number of carbonyl (C=O) groups is 3. The minimum absolute atomic E-state index is 0.0756. The average Bonchev–Trinajstić information content (AvgIpc) is 3.52. The molecule has 0 aromatic carbocycles. The molecule has 4 rings (SSSR count). The molecule has 38 heavy (non-hydrogen) atoms. The quantitative estimate of drug-likeness (QED) is 0.235. The third-order valence-corrected chi connectivity index (χ3v) is 9.61. The number of fused-ring (bicyclic) bond motifs is 1. The molecule has 3 aliphatic heterocycles. The number of esters is 1. The standard InChI is InChI=1S/C30H46N2O6/c1-6-9-18-37-28(36)24-23-26(34)32(22(19-33)20(4)5)25(30(23)16-15-29(24,8-3)38-30)27(35)31(17-7-2)21-13-11-10-12-14-21/h6-7,20-25,33H,1-2,8-19H2,3-5H3/t22-,23-,24-,25?,29+,30?/m0/s1. The molecule has 212 valence electrons. The lowest BCUT2D eigenvalue weighted by atomic mass is 9.65. The number of aliphatic hydroxyl groups is 1. The molecule has 8 nitrogen and oxygen atoms in total. The molecule has 0 radical (unpaired) electrons. The first kappa shape index (κ1) is 28.8. The van der Waals surface area contributed by atoms with Crippen molar-refractivity contribution in [1.29, 1.82) is 0 Å². The van der Waals surface area contributed by atoms with Gasteiger partial charge in [0.05, 0.1) is 30.8 Å². The van der Waals surface area contributed by atoms with E-state index in [1.807, 2.05) is 25.7 Å². The highest BCUT2D eigenvalue weighted by Crippen LogP contribution is 2.65. The molecular formula is C30H46N2O6. The van der Waals surface area contributed by atoms with Crippen LogP contribution in [0.4, 0.5) is 0 Å². The number of rotatable bonds is 12. The highest BCUT2D eigenvalue weighted by Gasteiger charge is 2.79. The van der Waals surface area contributed by atoms with E-state index in [1.54, 1.807) is 17.1 Å². The normalized spacial score (nSPS) is 33.3. The first-order valence-corrected chi connectivity index (χ1v) is 14.5. The Morgan fingerprint density at radius 2 is 1.92 bits per heavy atom. The smallest absolute Gasteiger partial charge is 0.312 e. The first-order chi connectivity index (χ1) is 18.2. The van der Waals surface area contributed by atoms with E-state index >= 15 is 0 Å². The molecule has 4 aliphatic rings. The highest BCUT2D eigenvalue weighted by molar-refractivity contribution is 5.99. The van der Waals surface area contributed by atoms with Gasteiger partial charge in [-0.3, -0.25) is 14.4 Å². The van der Waals surface area contributed by atoms with Gasteiger partial charge in [0, 0.05) is 12.6 Å². The number of nitrogens with zero attached hydrogens (tertiary/aromatic N) is 2. The van der Waals surface area contributed by atoms with Crippen LogP contribution < -0.4 is 0 Å². The molecule has 1 saturated carbocycles. The van der Waals surface area contributed by atoms with Gasteiger partial charge in [0.2, 0.25) is 11.8 Å². The molecule has 0 aromatic rings. The third-order valence-electron chi connectivity index (χ3n) is 9.61. The van der Waals surface area contributed by atoms with Gasteiger partial charge >= 0.3 is 5.97 Å². The molecule has 6 atom stereocenters. The maximum absolute atomic E-state index is 14.6. The van der Waals surface area contributed by atoms with Crippen molar-refractivity contribution in [3.63, 3.8) is 0 Å². The number of carbonyl (C=O) groups excluding carboxylic acids is 3. The molecule has 1 spiro atoms. The fourth-order valence-corrected chi connectivity index (χ4v) is 7.71.